The summed E-state index contributed by atoms with van der Waals surface area (Å²) in [4.78, 5) is 0.211. The van der Waals surface area contributed by atoms with Crippen LogP contribution in [-0.2, 0) is 29.4 Å². The van der Waals surface area contributed by atoms with Crippen molar-refractivity contribution >= 4 is 15.7 Å². The Bertz CT molecular complexity index is 1360. The second-order valence-corrected chi connectivity index (χ2v) is 10.0. The van der Waals surface area contributed by atoms with Gasteiger partial charge < -0.3 is 9.15 Å². The number of nitrogens with zero attached hydrogens (tertiary/aromatic N) is 3. The fourth-order valence-corrected chi connectivity index (χ4v) is 5.23. The van der Waals surface area contributed by atoms with E-state index in [2.05, 4.69) is 10.2 Å². The second-order valence-electron chi connectivity index (χ2n) is 8.15. The summed E-state index contributed by atoms with van der Waals surface area (Å²) in [6, 6.07) is 22.0. The van der Waals surface area contributed by atoms with Crippen molar-refractivity contribution in [1.82, 2.24) is 10.2 Å². The van der Waals surface area contributed by atoms with Gasteiger partial charge in [-0.15, -0.1) is 10.2 Å². The highest BCUT2D eigenvalue weighted by Crippen LogP contribution is 2.29. The van der Waals surface area contributed by atoms with Crippen LogP contribution in [0.4, 0.5) is 5.69 Å². The Kier molecular flexibility index (Phi) is 7.51. The molecule has 35 heavy (non-hydrogen) atoms. The van der Waals surface area contributed by atoms with Gasteiger partial charge in [0.15, 0.2) is 0 Å². The number of hydrogen-bond acceptors (Lipinski definition) is 6. The zero-order valence-electron chi connectivity index (χ0n) is 20.1. The van der Waals surface area contributed by atoms with Gasteiger partial charge in [0, 0.05) is 0 Å². The molecule has 0 N–H and O–H groups in total. The van der Waals surface area contributed by atoms with Gasteiger partial charge in [0.05, 0.1) is 23.6 Å². The molecule has 3 aromatic carbocycles. The van der Waals surface area contributed by atoms with Crippen molar-refractivity contribution < 1.29 is 17.6 Å². The van der Waals surface area contributed by atoms with Crippen molar-refractivity contribution in [2.75, 3.05) is 10.9 Å². The third-order valence-electron chi connectivity index (χ3n) is 5.63. The van der Waals surface area contributed by atoms with Crippen LogP contribution < -0.4 is 9.04 Å². The van der Waals surface area contributed by atoms with Crippen LogP contribution in [0.2, 0.25) is 0 Å². The number of sulfonamides is 1. The molecule has 0 saturated heterocycles. The first-order valence-corrected chi connectivity index (χ1v) is 13.0. The van der Waals surface area contributed by atoms with Crippen LogP contribution in [0.1, 0.15) is 42.3 Å². The van der Waals surface area contributed by atoms with Gasteiger partial charge in [-0.2, -0.15) is 0 Å². The van der Waals surface area contributed by atoms with Gasteiger partial charge in [-0.25, -0.2) is 8.42 Å². The zero-order valence-corrected chi connectivity index (χ0v) is 21.0. The highest BCUT2D eigenvalue weighted by Gasteiger charge is 2.28. The summed E-state index contributed by atoms with van der Waals surface area (Å²) in [6.07, 6.45) is 1.12. The quantitative estimate of drug-likeness (QED) is 0.298. The predicted octanol–water partition coefficient (Wildman–Crippen LogP) is 5.33. The van der Waals surface area contributed by atoms with E-state index in [1.54, 1.807) is 24.3 Å². The molecule has 0 bridgehead atoms. The molecule has 7 nitrogen and oxygen atoms in total. The predicted molar refractivity (Wildman–Crippen MR) is 135 cm³/mol. The molecular formula is C27H29N3O4S. The molecule has 0 aliphatic rings. The van der Waals surface area contributed by atoms with Gasteiger partial charge in [0.25, 0.3) is 10.0 Å². The summed E-state index contributed by atoms with van der Waals surface area (Å²) in [5.74, 6) is 1.45. The molecule has 0 aliphatic carbocycles. The van der Waals surface area contributed by atoms with E-state index in [-0.39, 0.29) is 17.3 Å². The second kappa shape index (κ2) is 10.7. The van der Waals surface area contributed by atoms with Crippen LogP contribution in [0.25, 0.3) is 0 Å². The lowest BCUT2D eigenvalue weighted by atomic mass is 10.1. The minimum atomic E-state index is -3.87. The van der Waals surface area contributed by atoms with Crippen LogP contribution in [0.5, 0.6) is 5.75 Å². The van der Waals surface area contributed by atoms with Crippen LogP contribution in [0.3, 0.4) is 0 Å². The Morgan fingerprint density at radius 2 is 1.57 bits per heavy atom. The smallest absolute Gasteiger partial charge is 0.264 e. The molecule has 1 aromatic heterocycles. The van der Waals surface area contributed by atoms with E-state index in [1.807, 2.05) is 69.3 Å². The third kappa shape index (κ3) is 5.71. The van der Waals surface area contributed by atoms with E-state index in [1.165, 1.54) is 4.31 Å². The molecule has 4 rings (SSSR count). The highest BCUT2D eigenvalue weighted by atomic mass is 32.2. The molecule has 182 valence electrons. The average molecular weight is 492 g/mol. The van der Waals surface area contributed by atoms with Crippen LogP contribution >= 0.6 is 0 Å². The summed E-state index contributed by atoms with van der Waals surface area (Å²) in [5.41, 5.74) is 3.49. The molecule has 1 heterocycles. The molecule has 0 aliphatic heterocycles. The van der Waals surface area contributed by atoms with Gasteiger partial charge in [-0.05, 0) is 61.7 Å². The van der Waals surface area contributed by atoms with E-state index < -0.39 is 10.0 Å². The first-order valence-electron chi connectivity index (χ1n) is 11.6. The zero-order chi connectivity index (χ0) is 24.8. The molecule has 0 radical (unpaired) electrons. The standard InChI is InChI=1S/C27H29N3O4S/c1-4-22-8-6-7-9-25(22)30(35(31,32)24-16-10-20(3)11-17-24)19-27-29-28-26(34-27)18-21-12-14-23(15-13-21)33-5-2/h6-17H,4-5,18-19H2,1-3H3. The minimum absolute atomic E-state index is 0.0660. The number of rotatable bonds is 10. The number of benzene rings is 3. The maximum atomic E-state index is 13.7. The summed E-state index contributed by atoms with van der Waals surface area (Å²) >= 11 is 0. The summed E-state index contributed by atoms with van der Waals surface area (Å²) < 4.78 is 40.2. The van der Waals surface area contributed by atoms with E-state index in [4.69, 9.17) is 9.15 Å². The van der Waals surface area contributed by atoms with Gasteiger partial charge in [-0.3, -0.25) is 4.31 Å². The first-order chi connectivity index (χ1) is 16.9. The van der Waals surface area contributed by atoms with Crippen molar-refractivity contribution in [1.29, 1.82) is 0 Å². The van der Waals surface area contributed by atoms with Gasteiger partial charge in [0.1, 0.15) is 12.3 Å². The van der Waals surface area contributed by atoms with E-state index in [0.717, 1.165) is 22.4 Å². The monoisotopic (exact) mass is 491 g/mol. The topological polar surface area (TPSA) is 85.5 Å². The molecule has 0 saturated carbocycles. The van der Waals surface area contributed by atoms with E-state index >= 15 is 0 Å². The number of anilines is 1. The fourth-order valence-electron chi connectivity index (χ4n) is 3.78. The van der Waals surface area contributed by atoms with Gasteiger partial charge in [0.2, 0.25) is 11.8 Å². The molecule has 0 fully saturated rings. The average Bonchev–Trinajstić information content (AvgIpc) is 3.31. The van der Waals surface area contributed by atoms with Crippen LogP contribution in [-0.4, -0.2) is 25.2 Å². The summed E-state index contributed by atoms with van der Waals surface area (Å²) in [6.45, 7) is 6.40. The number of ether oxygens (including phenoxy) is 1. The first kappa shape index (κ1) is 24.5. The van der Waals surface area contributed by atoms with Crippen molar-refractivity contribution in [2.24, 2.45) is 0 Å². The van der Waals surface area contributed by atoms with Gasteiger partial charge >= 0.3 is 0 Å². The summed E-state index contributed by atoms with van der Waals surface area (Å²) in [5, 5.41) is 8.31. The number of aromatic nitrogens is 2. The Hall–Kier alpha value is -3.65. The normalized spacial score (nSPS) is 11.4. The molecule has 0 amide bonds. The van der Waals surface area contributed by atoms with Crippen molar-refractivity contribution in [2.45, 2.75) is 45.1 Å². The largest absolute Gasteiger partial charge is 0.494 e. The Balaban J connectivity index is 1.63. The van der Waals surface area contributed by atoms with Gasteiger partial charge in [-0.1, -0.05) is 55.0 Å². The van der Waals surface area contributed by atoms with Crippen molar-refractivity contribution in [3.05, 3.63) is 101 Å². The molecule has 0 atom stereocenters. The van der Waals surface area contributed by atoms with Crippen LogP contribution in [0.15, 0.2) is 82.1 Å². The fraction of sp³-hybridized carbons (Fsp3) is 0.259. The lowest BCUT2D eigenvalue weighted by molar-refractivity contribution is 0.340. The van der Waals surface area contributed by atoms with E-state index in [0.29, 0.717) is 31.0 Å². The lowest BCUT2D eigenvalue weighted by Gasteiger charge is -2.25. The minimum Gasteiger partial charge on any atom is -0.494 e. The van der Waals surface area contributed by atoms with Crippen molar-refractivity contribution in [3.63, 3.8) is 0 Å². The number of aryl methyl sites for hydroxylation is 2. The molecule has 0 spiro atoms. The van der Waals surface area contributed by atoms with E-state index in [9.17, 15) is 8.42 Å². The molecular weight excluding hydrogens is 462 g/mol. The summed E-state index contributed by atoms with van der Waals surface area (Å²) in [7, 11) is -3.87. The Labute approximate surface area is 206 Å². The molecule has 0 unspecified atom stereocenters. The highest BCUT2D eigenvalue weighted by molar-refractivity contribution is 7.92. The maximum Gasteiger partial charge on any atom is 0.264 e. The van der Waals surface area contributed by atoms with Crippen LogP contribution in [0, 0.1) is 6.92 Å². The molecule has 8 heteroatoms. The number of hydrogen-bond donors (Lipinski definition) is 0. The Morgan fingerprint density at radius 1 is 0.886 bits per heavy atom. The van der Waals surface area contributed by atoms with Crippen molar-refractivity contribution in [3.8, 4) is 5.75 Å². The molecule has 4 aromatic rings. The number of para-hydroxylation sites is 1. The maximum absolute atomic E-state index is 13.7. The Morgan fingerprint density at radius 3 is 2.26 bits per heavy atom. The lowest BCUT2D eigenvalue weighted by Crippen LogP contribution is -2.31. The third-order valence-corrected chi connectivity index (χ3v) is 7.40. The SMILES string of the molecule is CCOc1ccc(Cc2nnc(CN(c3ccccc3CC)S(=O)(=O)c3ccc(C)cc3)o2)cc1.